The minimum atomic E-state index is -4.42. The van der Waals surface area contributed by atoms with E-state index in [4.69, 9.17) is 9.47 Å². The SMILES string of the molecule is CC.CCOC(=O)c1c(S(=O)(=O)N2CCN(C(=O)OC(C)(C)C)CC2)c2ccccc2n1S(=O)(=O)c1ccccc1. The zero-order chi connectivity index (χ0) is 30.6. The zero-order valence-corrected chi connectivity index (χ0v) is 25.8. The van der Waals surface area contributed by atoms with Crippen LogP contribution in [0.2, 0.25) is 0 Å². The van der Waals surface area contributed by atoms with Crippen LogP contribution in [0.3, 0.4) is 0 Å². The quantitative estimate of drug-likeness (QED) is 0.379. The van der Waals surface area contributed by atoms with E-state index in [1.165, 1.54) is 41.3 Å². The topological polar surface area (TPSA) is 132 Å². The number of nitrogens with zero attached hydrogens (tertiary/aromatic N) is 3. The second-order valence-corrected chi connectivity index (χ2v) is 13.5. The molecule has 4 rings (SSSR count). The van der Waals surface area contributed by atoms with Crippen molar-refractivity contribution < 1.29 is 35.9 Å². The van der Waals surface area contributed by atoms with Crippen molar-refractivity contribution in [3.05, 3.63) is 60.3 Å². The smallest absolute Gasteiger partial charge is 0.410 e. The number of benzene rings is 2. The van der Waals surface area contributed by atoms with Crippen molar-refractivity contribution in [3.8, 4) is 0 Å². The summed E-state index contributed by atoms with van der Waals surface area (Å²) in [6.45, 7) is 10.6. The highest BCUT2D eigenvalue weighted by molar-refractivity contribution is 7.91. The second-order valence-electron chi connectivity index (χ2n) is 9.87. The minimum absolute atomic E-state index is 0.0235. The van der Waals surface area contributed by atoms with E-state index in [0.717, 1.165) is 8.28 Å². The van der Waals surface area contributed by atoms with Crippen molar-refractivity contribution in [2.75, 3.05) is 32.8 Å². The fourth-order valence-electron chi connectivity index (χ4n) is 4.33. The number of hydrogen-bond donors (Lipinski definition) is 0. The molecule has 1 saturated heterocycles. The molecule has 1 aliphatic rings. The van der Waals surface area contributed by atoms with E-state index in [1.54, 1.807) is 45.9 Å². The highest BCUT2D eigenvalue weighted by atomic mass is 32.2. The lowest BCUT2D eigenvalue weighted by molar-refractivity contribution is 0.0192. The number of aromatic nitrogens is 1. The van der Waals surface area contributed by atoms with Gasteiger partial charge < -0.3 is 14.4 Å². The predicted octanol–water partition coefficient (Wildman–Crippen LogP) is 4.32. The third-order valence-electron chi connectivity index (χ3n) is 6.02. The van der Waals surface area contributed by atoms with E-state index < -0.39 is 48.3 Å². The van der Waals surface area contributed by atoms with Crippen LogP contribution >= 0.6 is 0 Å². The van der Waals surface area contributed by atoms with Gasteiger partial charge >= 0.3 is 12.1 Å². The molecule has 11 nitrogen and oxygen atoms in total. The molecule has 1 amide bonds. The van der Waals surface area contributed by atoms with E-state index in [2.05, 4.69) is 0 Å². The maximum absolute atomic E-state index is 14.1. The van der Waals surface area contributed by atoms with E-state index in [1.807, 2.05) is 13.8 Å². The summed E-state index contributed by atoms with van der Waals surface area (Å²) in [6, 6.07) is 13.5. The molecule has 0 N–H and O–H groups in total. The lowest BCUT2D eigenvalue weighted by atomic mass is 10.2. The Morgan fingerprint density at radius 3 is 1.95 bits per heavy atom. The Kier molecular flexibility index (Phi) is 9.88. The number of ether oxygens (including phenoxy) is 2. The summed E-state index contributed by atoms with van der Waals surface area (Å²) in [5, 5.41) is 0.0645. The fourth-order valence-corrected chi connectivity index (χ4v) is 7.70. The second kappa shape index (κ2) is 12.6. The molecule has 2 heterocycles. The Labute approximate surface area is 241 Å². The van der Waals surface area contributed by atoms with Gasteiger partial charge in [0.05, 0.1) is 17.0 Å². The number of carbonyl (C=O) groups is 2. The molecule has 0 aliphatic carbocycles. The van der Waals surface area contributed by atoms with Crippen LogP contribution in [0.4, 0.5) is 4.79 Å². The number of hydrogen-bond acceptors (Lipinski definition) is 8. The number of sulfonamides is 1. The van der Waals surface area contributed by atoms with Crippen molar-refractivity contribution in [1.29, 1.82) is 0 Å². The molecule has 0 atom stereocenters. The Bertz CT molecular complexity index is 1600. The Hall–Kier alpha value is -3.42. The molecule has 0 bridgehead atoms. The van der Waals surface area contributed by atoms with Crippen LogP contribution in [0.1, 0.15) is 52.0 Å². The molecule has 1 aromatic heterocycles. The van der Waals surface area contributed by atoms with Gasteiger partial charge in [-0.25, -0.2) is 30.4 Å². The highest BCUT2D eigenvalue weighted by Crippen LogP contribution is 2.36. The third kappa shape index (κ3) is 6.57. The van der Waals surface area contributed by atoms with Crippen molar-refractivity contribution >= 4 is 43.0 Å². The van der Waals surface area contributed by atoms with Crippen molar-refractivity contribution in [2.24, 2.45) is 0 Å². The van der Waals surface area contributed by atoms with Gasteiger partial charge in [0, 0.05) is 31.6 Å². The largest absolute Gasteiger partial charge is 0.461 e. The maximum atomic E-state index is 14.1. The number of carbonyl (C=O) groups excluding carboxylic acids is 2. The predicted molar refractivity (Wildman–Crippen MR) is 155 cm³/mol. The molecule has 0 radical (unpaired) electrons. The van der Waals surface area contributed by atoms with Crippen LogP contribution in [0.25, 0.3) is 10.9 Å². The summed E-state index contributed by atoms with van der Waals surface area (Å²) in [4.78, 5) is 26.6. The number of amides is 1. The van der Waals surface area contributed by atoms with Crippen molar-refractivity contribution in [3.63, 3.8) is 0 Å². The molecule has 13 heteroatoms. The molecule has 1 fully saturated rings. The Morgan fingerprint density at radius 2 is 1.39 bits per heavy atom. The molecular formula is C28H37N3O8S2. The van der Waals surface area contributed by atoms with Gasteiger partial charge in [0.2, 0.25) is 10.0 Å². The van der Waals surface area contributed by atoms with E-state index >= 15 is 0 Å². The van der Waals surface area contributed by atoms with Crippen molar-refractivity contribution in [2.45, 2.75) is 56.9 Å². The van der Waals surface area contributed by atoms with Gasteiger partial charge in [-0.15, -0.1) is 0 Å². The number of fused-ring (bicyclic) bond motifs is 1. The standard InChI is InChI=1S/C26H31N3O8S2.C2H6/c1-5-36-24(30)22-23(39(34,35)28-17-15-27(16-18-28)25(31)37-26(2,3)4)20-13-9-10-14-21(20)29(22)38(32,33)19-11-7-6-8-12-19;1-2/h6-14H,5,15-18H2,1-4H3;1-2H3. The van der Waals surface area contributed by atoms with Crippen molar-refractivity contribution in [1.82, 2.24) is 13.2 Å². The van der Waals surface area contributed by atoms with Gasteiger partial charge in [-0.2, -0.15) is 4.31 Å². The molecule has 0 unspecified atom stereocenters. The summed E-state index contributed by atoms with van der Waals surface area (Å²) in [7, 11) is -8.82. The van der Waals surface area contributed by atoms with Gasteiger partial charge in [0.25, 0.3) is 10.0 Å². The van der Waals surface area contributed by atoms with Gasteiger partial charge in [-0.05, 0) is 45.9 Å². The lowest BCUT2D eigenvalue weighted by Crippen LogP contribution is -2.51. The number of rotatable bonds is 6. The van der Waals surface area contributed by atoms with Crippen LogP contribution in [0, 0.1) is 0 Å². The highest BCUT2D eigenvalue weighted by Gasteiger charge is 2.40. The maximum Gasteiger partial charge on any atom is 0.410 e. The molecule has 0 saturated carbocycles. The number of piperazine rings is 1. The first-order chi connectivity index (χ1) is 19.3. The van der Waals surface area contributed by atoms with Crippen LogP contribution in [-0.2, 0) is 29.5 Å². The third-order valence-corrected chi connectivity index (χ3v) is 9.73. The molecule has 1 aliphatic heterocycles. The van der Waals surface area contributed by atoms with E-state index in [9.17, 15) is 26.4 Å². The normalized spacial score (nSPS) is 14.7. The summed E-state index contributed by atoms with van der Waals surface area (Å²) < 4.78 is 68.3. The summed E-state index contributed by atoms with van der Waals surface area (Å²) in [6.07, 6.45) is -0.558. The first-order valence-electron chi connectivity index (χ1n) is 13.4. The minimum Gasteiger partial charge on any atom is -0.461 e. The van der Waals surface area contributed by atoms with Gasteiger partial charge in [0.1, 0.15) is 10.5 Å². The first-order valence-corrected chi connectivity index (χ1v) is 16.3. The number of para-hydroxylation sites is 1. The Balaban J connectivity index is 0.00000226. The van der Waals surface area contributed by atoms with Gasteiger partial charge in [-0.3, -0.25) is 0 Å². The summed E-state index contributed by atoms with van der Waals surface area (Å²) >= 11 is 0. The van der Waals surface area contributed by atoms with Gasteiger partial charge in [-0.1, -0.05) is 50.2 Å². The number of esters is 1. The lowest BCUT2D eigenvalue weighted by Gasteiger charge is -2.35. The van der Waals surface area contributed by atoms with E-state index in [-0.39, 0.29) is 48.6 Å². The van der Waals surface area contributed by atoms with Crippen LogP contribution in [0.15, 0.2) is 64.4 Å². The zero-order valence-electron chi connectivity index (χ0n) is 24.2. The van der Waals surface area contributed by atoms with Crippen LogP contribution < -0.4 is 0 Å². The Morgan fingerprint density at radius 1 is 0.829 bits per heavy atom. The fraction of sp³-hybridized carbons (Fsp3) is 0.429. The molecule has 0 spiro atoms. The first kappa shape index (κ1) is 32.1. The van der Waals surface area contributed by atoms with E-state index in [0.29, 0.717) is 0 Å². The van der Waals surface area contributed by atoms with Crippen LogP contribution in [0.5, 0.6) is 0 Å². The molecular weight excluding hydrogens is 570 g/mol. The summed E-state index contributed by atoms with van der Waals surface area (Å²) in [5.41, 5.74) is -1.28. The summed E-state index contributed by atoms with van der Waals surface area (Å²) in [5.74, 6) is -1.08. The average Bonchev–Trinajstić information content (AvgIpc) is 3.31. The van der Waals surface area contributed by atoms with Crippen LogP contribution in [-0.4, -0.2) is 80.5 Å². The molecule has 224 valence electrons. The van der Waals surface area contributed by atoms with Gasteiger partial charge in [0.15, 0.2) is 5.69 Å². The molecule has 2 aromatic carbocycles. The molecule has 41 heavy (non-hydrogen) atoms. The molecule has 3 aromatic rings. The monoisotopic (exact) mass is 607 g/mol. The average molecular weight is 608 g/mol.